The van der Waals surface area contributed by atoms with Gasteiger partial charge < -0.3 is 14.7 Å². The Morgan fingerprint density at radius 3 is 2.55 bits per heavy atom. The minimum atomic E-state index is -3.85. The maximum absolute atomic E-state index is 13.6. The first kappa shape index (κ1) is 23.0. The van der Waals surface area contributed by atoms with Crippen LogP contribution in [0.25, 0.3) is 0 Å². The number of carboxylic acid groups (broad SMARTS) is 1. The number of fused-ring (bicyclic) bond motifs is 1. The second kappa shape index (κ2) is 8.46. The first-order chi connectivity index (χ1) is 15.7. The Hall–Kier alpha value is -1.78. The summed E-state index contributed by atoms with van der Waals surface area (Å²) < 4.78 is 48.9. The highest BCUT2D eigenvalue weighted by Gasteiger charge is 2.61. The van der Waals surface area contributed by atoms with E-state index in [-0.39, 0.29) is 22.2 Å². The van der Waals surface area contributed by atoms with Crippen molar-refractivity contribution in [3.05, 3.63) is 24.2 Å². The molecule has 4 fully saturated rings. The summed E-state index contributed by atoms with van der Waals surface area (Å²) in [6.07, 6.45) is 11.1. The minimum Gasteiger partial charge on any atom is -0.476 e. The normalized spacial score (nSPS) is 31.1. The van der Waals surface area contributed by atoms with Crippen LogP contribution in [0, 0.1) is 11.8 Å². The highest BCUT2D eigenvalue weighted by atomic mass is 32.2. The van der Waals surface area contributed by atoms with Gasteiger partial charge in [-0.2, -0.15) is 4.39 Å². The first-order valence-corrected chi connectivity index (χ1v) is 14.2. The standard InChI is InChI=1S/C23H29FN2O5S2/c1-32-20-7-18-21(8-19(20)31-13-16(24)22(27)28)33(29,30)25-17(15-5-3-2-4-6-15)12-26(18)23-9-14(10-23)11-23/h7-8,13-15,17,25H,2-6,9-12H2,1H3,(H,27,28)/b16-13-/t14?,17-,23?/m0/s1. The number of thioether (sulfide) groups is 1. The average molecular weight is 497 g/mol. The number of carboxylic acids is 1. The number of nitrogens with one attached hydrogen (secondary N) is 1. The predicted molar refractivity (Wildman–Crippen MR) is 124 cm³/mol. The van der Waals surface area contributed by atoms with Crippen LogP contribution in [-0.2, 0) is 14.8 Å². The molecule has 1 aromatic rings. The number of hydrogen-bond donors (Lipinski definition) is 2. The van der Waals surface area contributed by atoms with Crippen molar-refractivity contribution in [1.29, 1.82) is 0 Å². The molecule has 180 valence electrons. The van der Waals surface area contributed by atoms with Crippen LogP contribution >= 0.6 is 11.8 Å². The van der Waals surface area contributed by atoms with Crippen molar-refractivity contribution >= 4 is 33.4 Å². The van der Waals surface area contributed by atoms with Crippen LogP contribution in [0.5, 0.6) is 5.75 Å². The molecule has 5 aliphatic rings. The van der Waals surface area contributed by atoms with E-state index >= 15 is 0 Å². The van der Waals surface area contributed by atoms with Gasteiger partial charge in [0, 0.05) is 24.2 Å². The van der Waals surface area contributed by atoms with Gasteiger partial charge in [-0.25, -0.2) is 17.9 Å². The number of carbonyl (C=O) groups is 1. The number of sulfonamides is 1. The number of hydrogen-bond acceptors (Lipinski definition) is 6. The summed E-state index contributed by atoms with van der Waals surface area (Å²) in [6.45, 7) is 0.644. The molecule has 2 N–H and O–H groups in total. The zero-order chi connectivity index (χ0) is 23.4. The van der Waals surface area contributed by atoms with E-state index in [9.17, 15) is 17.6 Å². The molecule has 1 aliphatic heterocycles. The van der Waals surface area contributed by atoms with Crippen LogP contribution in [-0.4, -0.2) is 43.9 Å². The lowest BCUT2D eigenvalue weighted by atomic mass is 9.49. The molecule has 4 saturated carbocycles. The maximum Gasteiger partial charge on any atom is 0.368 e. The Morgan fingerprint density at radius 1 is 1.27 bits per heavy atom. The molecule has 6 rings (SSSR count). The van der Waals surface area contributed by atoms with Crippen LogP contribution < -0.4 is 14.4 Å². The number of halogens is 1. The Morgan fingerprint density at radius 2 is 1.97 bits per heavy atom. The molecule has 0 aromatic heterocycles. The molecule has 10 heteroatoms. The predicted octanol–water partition coefficient (Wildman–Crippen LogP) is 4.28. The van der Waals surface area contributed by atoms with Gasteiger partial charge in [-0.1, -0.05) is 19.3 Å². The summed E-state index contributed by atoms with van der Waals surface area (Å²) in [7, 11) is -3.85. The number of ether oxygens (including phenoxy) is 1. The van der Waals surface area contributed by atoms with Crippen LogP contribution in [0.3, 0.4) is 0 Å². The van der Waals surface area contributed by atoms with Crippen molar-refractivity contribution in [2.75, 3.05) is 17.7 Å². The molecule has 0 radical (unpaired) electrons. The van der Waals surface area contributed by atoms with Gasteiger partial charge in [0.25, 0.3) is 0 Å². The minimum absolute atomic E-state index is 0.0151. The molecule has 1 atom stereocenters. The lowest BCUT2D eigenvalue weighted by Crippen LogP contribution is -2.70. The Balaban J connectivity index is 1.58. The molecule has 4 aliphatic carbocycles. The molecular formula is C23H29FN2O5S2. The fourth-order valence-corrected chi connectivity index (χ4v) is 8.00. The van der Waals surface area contributed by atoms with Gasteiger partial charge in [-0.15, -0.1) is 11.8 Å². The van der Waals surface area contributed by atoms with E-state index in [0.717, 1.165) is 50.9 Å². The number of nitrogens with zero attached hydrogens (tertiary/aromatic N) is 1. The number of benzene rings is 1. The zero-order valence-electron chi connectivity index (χ0n) is 18.5. The number of anilines is 1. The van der Waals surface area contributed by atoms with E-state index in [2.05, 4.69) is 9.62 Å². The molecule has 0 spiro atoms. The van der Waals surface area contributed by atoms with Crippen LogP contribution in [0.2, 0.25) is 0 Å². The van der Waals surface area contributed by atoms with Gasteiger partial charge >= 0.3 is 5.97 Å². The van der Waals surface area contributed by atoms with E-state index in [0.29, 0.717) is 29.3 Å². The van der Waals surface area contributed by atoms with E-state index in [1.807, 2.05) is 12.3 Å². The van der Waals surface area contributed by atoms with Gasteiger partial charge in [0.2, 0.25) is 15.9 Å². The van der Waals surface area contributed by atoms with E-state index < -0.39 is 21.8 Å². The average Bonchev–Trinajstić information content (AvgIpc) is 2.84. The molecule has 2 bridgehead atoms. The van der Waals surface area contributed by atoms with Crippen molar-refractivity contribution in [3.63, 3.8) is 0 Å². The summed E-state index contributed by atoms with van der Waals surface area (Å²) in [6, 6.07) is 3.06. The fraction of sp³-hybridized carbons (Fsp3) is 0.609. The van der Waals surface area contributed by atoms with Gasteiger partial charge in [-0.3, -0.25) is 0 Å². The summed E-state index contributed by atoms with van der Waals surface area (Å²) in [5, 5.41) is 8.77. The van der Waals surface area contributed by atoms with Crippen LogP contribution in [0.1, 0.15) is 51.4 Å². The highest BCUT2D eigenvalue weighted by molar-refractivity contribution is 7.98. The Bertz CT molecular complexity index is 1080. The van der Waals surface area contributed by atoms with Gasteiger partial charge in [0.05, 0.1) is 10.6 Å². The Labute approximate surface area is 197 Å². The highest BCUT2D eigenvalue weighted by Crippen LogP contribution is 2.62. The van der Waals surface area contributed by atoms with Gasteiger partial charge in [-0.05, 0) is 56.3 Å². The largest absolute Gasteiger partial charge is 0.476 e. The van der Waals surface area contributed by atoms with E-state index in [1.165, 1.54) is 24.2 Å². The van der Waals surface area contributed by atoms with E-state index in [4.69, 9.17) is 9.84 Å². The topological polar surface area (TPSA) is 95.9 Å². The van der Waals surface area contributed by atoms with Gasteiger partial charge in [0.15, 0.2) is 0 Å². The molecule has 1 aromatic carbocycles. The summed E-state index contributed by atoms with van der Waals surface area (Å²) in [5.41, 5.74) is 0.680. The van der Waals surface area contributed by atoms with Crippen molar-refractivity contribution < 1.29 is 27.4 Å². The van der Waals surface area contributed by atoms with Gasteiger partial charge in [0.1, 0.15) is 16.9 Å². The summed E-state index contributed by atoms with van der Waals surface area (Å²) in [5.74, 6) is -2.03. The van der Waals surface area contributed by atoms with Crippen molar-refractivity contribution in [2.24, 2.45) is 11.8 Å². The van der Waals surface area contributed by atoms with Crippen molar-refractivity contribution in [1.82, 2.24) is 4.72 Å². The fourth-order valence-electron chi connectivity index (χ4n) is 5.96. The maximum atomic E-state index is 13.6. The molecule has 7 nitrogen and oxygen atoms in total. The molecule has 33 heavy (non-hydrogen) atoms. The second-order valence-electron chi connectivity index (χ2n) is 9.80. The SMILES string of the molecule is CSc1cc2c(cc1O/C=C(\F)C(=O)O)S(=O)(=O)N[C@H](C1CCCCC1)CN2C12CC(C1)C2. The second-order valence-corrected chi connectivity index (χ2v) is 12.3. The number of aliphatic carboxylic acids is 1. The summed E-state index contributed by atoms with van der Waals surface area (Å²) in [4.78, 5) is 13.9. The zero-order valence-corrected chi connectivity index (χ0v) is 20.2. The lowest BCUT2D eigenvalue weighted by molar-refractivity contribution is -0.134. The monoisotopic (exact) mass is 496 g/mol. The molecule has 0 unspecified atom stereocenters. The third-order valence-corrected chi connectivity index (χ3v) is 10.1. The quantitative estimate of drug-likeness (QED) is 0.345. The Kier molecular flexibility index (Phi) is 5.89. The van der Waals surface area contributed by atoms with Crippen molar-refractivity contribution in [2.45, 2.75) is 72.7 Å². The number of rotatable bonds is 6. The smallest absolute Gasteiger partial charge is 0.368 e. The molecule has 0 amide bonds. The summed E-state index contributed by atoms with van der Waals surface area (Å²) >= 11 is 1.35. The van der Waals surface area contributed by atoms with Crippen molar-refractivity contribution in [3.8, 4) is 5.75 Å². The van der Waals surface area contributed by atoms with Crippen LogP contribution in [0.4, 0.5) is 10.1 Å². The van der Waals surface area contributed by atoms with E-state index in [1.54, 1.807) is 0 Å². The lowest BCUT2D eigenvalue weighted by Gasteiger charge is -2.67. The van der Waals surface area contributed by atoms with Crippen LogP contribution in [0.15, 0.2) is 34.0 Å². The third-order valence-electron chi connectivity index (χ3n) is 7.80. The molecule has 0 saturated heterocycles. The molecular weight excluding hydrogens is 467 g/mol. The third kappa shape index (κ3) is 4.04. The first-order valence-electron chi connectivity index (χ1n) is 11.5. The molecule has 1 heterocycles.